The third kappa shape index (κ3) is 6.50. The molecule has 1 rings (SSSR count). The number of hydrogen-bond acceptors (Lipinski definition) is 3. The molecule has 0 aliphatic heterocycles. The Balaban J connectivity index is 2.28. The molecule has 0 fully saturated rings. The predicted octanol–water partition coefficient (Wildman–Crippen LogP) is 2.02. The molecule has 0 bridgehead atoms. The maximum Gasteiger partial charge on any atom is 0.224 e. The van der Waals surface area contributed by atoms with E-state index < -0.39 is 10.8 Å². The molecule has 1 aromatic rings. The fourth-order valence-electron chi connectivity index (χ4n) is 1.67. The normalized spacial score (nSPS) is 12.1. The Morgan fingerprint density at radius 2 is 1.95 bits per heavy atom. The first-order chi connectivity index (χ1) is 9.15. The van der Waals surface area contributed by atoms with Gasteiger partial charge in [-0.15, -0.1) is 0 Å². The van der Waals surface area contributed by atoms with Gasteiger partial charge in [-0.25, -0.2) is 0 Å². The molecule has 106 valence electrons. The van der Waals surface area contributed by atoms with Gasteiger partial charge in [0.25, 0.3) is 0 Å². The summed E-state index contributed by atoms with van der Waals surface area (Å²) in [4.78, 5) is 11.7. The van der Waals surface area contributed by atoms with Gasteiger partial charge >= 0.3 is 0 Å². The zero-order valence-corrected chi connectivity index (χ0v) is 12.2. The summed E-state index contributed by atoms with van der Waals surface area (Å²) < 4.78 is 11.4. The molecule has 0 saturated heterocycles. The average Bonchev–Trinajstić information content (AvgIpc) is 2.40. The Morgan fingerprint density at radius 3 is 2.53 bits per heavy atom. The molecule has 0 aromatic heterocycles. The van der Waals surface area contributed by atoms with E-state index in [9.17, 15) is 9.00 Å². The molecule has 19 heavy (non-hydrogen) atoms. The number of nitrogens with one attached hydrogen (secondary N) is 1. The maximum atomic E-state index is 11.7. The van der Waals surface area contributed by atoms with Crippen molar-refractivity contribution < 1.29 is 9.00 Å². The van der Waals surface area contributed by atoms with Gasteiger partial charge in [0.15, 0.2) is 0 Å². The van der Waals surface area contributed by atoms with E-state index in [4.69, 9.17) is 5.73 Å². The topological polar surface area (TPSA) is 72.2 Å². The van der Waals surface area contributed by atoms with E-state index in [2.05, 4.69) is 5.32 Å². The molecule has 1 aromatic carbocycles. The first-order valence-electron chi connectivity index (χ1n) is 6.59. The molecular weight excluding hydrogens is 260 g/mol. The zero-order chi connectivity index (χ0) is 14.1. The fraction of sp³-hybridized carbons (Fsp3) is 0.500. The highest BCUT2D eigenvalue weighted by Gasteiger charge is 2.04. The highest BCUT2D eigenvalue weighted by atomic mass is 32.2. The maximum absolute atomic E-state index is 11.7. The van der Waals surface area contributed by atoms with Crippen LogP contribution in [-0.2, 0) is 22.1 Å². The van der Waals surface area contributed by atoms with Crippen LogP contribution in [-0.4, -0.2) is 21.6 Å². The number of anilines is 1. The van der Waals surface area contributed by atoms with Crippen LogP contribution >= 0.6 is 0 Å². The SMILES string of the molecule is CCCS(=O)CCCC(=O)Nc1ccc(CN)cc1. The summed E-state index contributed by atoms with van der Waals surface area (Å²) >= 11 is 0. The first kappa shape index (κ1) is 15.9. The summed E-state index contributed by atoms with van der Waals surface area (Å²) in [5.74, 6) is 1.30. The molecule has 3 N–H and O–H groups in total. The van der Waals surface area contributed by atoms with Crippen molar-refractivity contribution in [1.29, 1.82) is 0 Å². The van der Waals surface area contributed by atoms with Crippen molar-refractivity contribution in [1.82, 2.24) is 0 Å². The van der Waals surface area contributed by atoms with Gasteiger partial charge in [0.2, 0.25) is 5.91 Å². The number of amides is 1. The van der Waals surface area contributed by atoms with Crippen molar-refractivity contribution in [2.24, 2.45) is 5.73 Å². The Kier molecular flexibility index (Phi) is 7.36. The molecule has 1 amide bonds. The lowest BCUT2D eigenvalue weighted by molar-refractivity contribution is -0.116. The van der Waals surface area contributed by atoms with E-state index >= 15 is 0 Å². The lowest BCUT2D eigenvalue weighted by atomic mass is 10.2. The second-order valence-corrected chi connectivity index (χ2v) is 6.10. The fourth-order valence-corrected chi connectivity index (χ4v) is 2.80. The van der Waals surface area contributed by atoms with Crippen LogP contribution in [0.4, 0.5) is 5.69 Å². The number of rotatable bonds is 8. The van der Waals surface area contributed by atoms with Crippen LogP contribution in [0.25, 0.3) is 0 Å². The van der Waals surface area contributed by atoms with Crippen LogP contribution < -0.4 is 11.1 Å². The monoisotopic (exact) mass is 282 g/mol. The van der Waals surface area contributed by atoms with Gasteiger partial charge in [-0.2, -0.15) is 0 Å². The number of nitrogens with two attached hydrogens (primary N) is 1. The Hall–Kier alpha value is -1.20. The Morgan fingerprint density at radius 1 is 1.26 bits per heavy atom. The van der Waals surface area contributed by atoms with Gasteiger partial charge in [0.1, 0.15) is 0 Å². The van der Waals surface area contributed by atoms with Crippen LogP contribution in [0.5, 0.6) is 0 Å². The number of carbonyl (C=O) groups is 1. The van der Waals surface area contributed by atoms with Crippen molar-refractivity contribution in [3.8, 4) is 0 Å². The third-order valence-corrected chi connectivity index (χ3v) is 4.29. The van der Waals surface area contributed by atoms with Gasteiger partial charge in [-0.1, -0.05) is 19.1 Å². The van der Waals surface area contributed by atoms with E-state index in [1.54, 1.807) is 0 Å². The highest BCUT2D eigenvalue weighted by molar-refractivity contribution is 7.84. The highest BCUT2D eigenvalue weighted by Crippen LogP contribution is 2.09. The summed E-state index contributed by atoms with van der Waals surface area (Å²) in [6, 6.07) is 7.47. The first-order valence-corrected chi connectivity index (χ1v) is 8.08. The summed E-state index contributed by atoms with van der Waals surface area (Å²) in [5.41, 5.74) is 7.31. The minimum absolute atomic E-state index is 0.0333. The second-order valence-electron chi connectivity index (χ2n) is 4.40. The molecule has 5 heteroatoms. The van der Waals surface area contributed by atoms with Crippen LogP contribution in [0.3, 0.4) is 0 Å². The van der Waals surface area contributed by atoms with Crippen LogP contribution in [0.1, 0.15) is 31.7 Å². The summed E-state index contributed by atoms with van der Waals surface area (Å²) in [5, 5.41) is 2.82. The van der Waals surface area contributed by atoms with Crippen LogP contribution in [0, 0.1) is 0 Å². The largest absolute Gasteiger partial charge is 0.326 e. The smallest absolute Gasteiger partial charge is 0.224 e. The molecule has 0 heterocycles. The lowest BCUT2D eigenvalue weighted by Gasteiger charge is -2.06. The number of hydrogen-bond donors (Lipinski definition) is 2. The van der Waals surface area contributed by atoms with E-state index in [1.807, 2.05) is 31.2 Å². The minimum atomic E-state index is -0.781. The number of carbonyl (C=O) groups excluding carboxylic acids is 1. The van der Waals surface area contributed by atoms with Crippen molar-refractivity contribution >= 4 is 22.4 Å². The van der Waals surface area contributed by atoms with Crippen LogP contribution in [0.2, 0.25) is 0 Å². The molecule has 4 nitrogen and oxygen atoms in total. The van der Waals surface area contributed by atoms with Gasteiger partial charge in [-0.05, 0) is 30.5 Å². The van der Waals surface area contributed by atoms with Crippen molar-refractivity contribution in [3.05, 3.63) is 29.8 Å². The third-order valence-electron chi connectivity index (χ3n) is 2.68. The molecule has 0 radical (unpaired) electrons. The van der Waals surface area contributed by atoms with Crippen LogP contribution in [0.15, 0.2) is 24.3 Å². The summed E-state index contributed by atoms with van der Waals surface area (Å²) in [7, 11) is -0.781. The molecule has 0 spiro atoms. The predicted molar refractivity (Wildman–Crippen MR) is 80.4 cm³/mol. The zero-order valence-electron chi connectivity index (χ0n) is 11.4. The molecule has 0 aliphatic rings. The van der Waals surface area contributed by atoms with E-state index in [0.29, 0.717) is 25.1 Å². The molecular formula is C14H22N2O2S. The quantitative estimate of drug-likeness (QED) is 0.766. The van der Waals surface area contributed by atoms with Gasteiger partial charge < -0.3 is 11.1 Å². The van der Waals surface area contributed by atoms with Crippen molar-refractivity contribution in [3.63, 3.8) is 0 Å². The van der Waals surface area contributed by atoms with E-state index in [-0.39, 0.29) is 5.91 Å². The van der Waals surface area contributed by atoms with Crippen molar-refractivity contribution in [2.75, 3.05) is 16.8 Å². The van der Waals surface area contributed by atoms with E-state index in [0.717, 1.165) is 23.4 Å². The molecule has 0 aliphatic carbocycles. The van der Waals surface area contributed by atoms with Gasteiger partial charge in [0, 0.05) is 41.0 Å². The molecule has 1 atom stereocenters. The summed E-state index contributed by atoms with van der Waals surface area (Å²) in [6.45, 7) is 2.51. The minimum Gasteiger partial charge on any atom is -0.326 e. The lowest BCUT2D eigenvalue weighted by Crippen LogP contribution is -2.13. The average molecular weight is 282 g/mol. The Bertz CT molecular complexity index is 418. The summed E-state index contributed by atoms with van der Waals surface area (Å²) in [6.07, 6.45) is 2.00. The van der Waals surface area contributed by atoms with Gasteiger partial charge in [0.05, 0.1) is 0 Å². The molecule has 0 saturated carbocycles. The number of benzene rings is 1. The Labute approximate surface area is 117 Å². The van der Waals surface area contributed by atoms with Gasteiger partial charge in [-0.3, -0.25) is 9.00 Å². The second kappa shape index (κ2) is 8.82. The van der Waals surface area contributed by atoms with Crippen molar-refractivity contribution in [2.45, 2.75) is 32.7 Å². The standard InChI is InChI=1S/C14H22N2O2S/c1-2-9-19(18)10-3-4-14(17)16-13-7-5-12(11-15)6-8-13/h5-8H,2-4,9-11,15H2,1H3,(H,16,17). The molecule has 1 unspecified atom stereocenters. The van der Waals surface area contributed by atoms with E-state index in [1.165, 1.54) is 0 Å².